The average Bonchev–Trinajstić information content (AvgIpc) is 2.29. The molecule has 1 unspecified atom stereocenters. The van der Waals surface area contributed by atoms with Crippen LogP contribution in [0.2, 0.25) is 0 Å². The first kappa shape index (κ1) is 12.4. The molecule has 1 atom stereocenters. The average molecular weight is 298 g/mol. The second-order valence-electron chi connectivity index (χ2n) is 4.17. The molecule has 1 amide bonds. The van der Waals surface area contributed by atoms with E-state index in [0.717, 1.165) is 22.3 Å². The third kappa shape index (κ3) is 2.45. The number of rotatable bonds is 2. The Morgan fingerprint density at radius 3 is 3.00 bits per heavy atom. The summed E-state index contributed by atoms with van der Waals surface area (Å²) in [4.78, 5) is 13.8. The van der Waals surface area contributed by atoms with Crippen molar-refractivity contribution in [3.63, 3.8) is 0 Å². The Morgan fingerprint density at radius 2 is 2.35 bits per heavy atom. The minimum Gasteiger partial charge on any atom is -0.357 e. The Bertz CT molecular complexity index is 436. The van der Waals surface area contributed by atoms with Crippen molar-refractivity contribution in [2.75, 3.05) is 24.5 Å². The Hall–Kier alpha value is -1.07. The van der Waals surface area contributed by atoms with E-state index in [9.17, 15) is 4.79 Å². The standard InChI is InChI=1S/C12H16BrN3O/c1-8-6-9(13)2-3-10(8)16-5-4-15-12(17)11(16)7-14/h2-3,6,11H,4-5,7,14H2,1H3,(H,15,17). The number of hydrogen-bond donors (Lipinski definition) is 2. The zero-order valence-corrected chi connectivity index (χ0v) is 11.3. The maximum Gasteiger partial charge on any atom is 0.244 e. The molecule has 0 bridgehead atoms. The van der Waals surface area contributed by atoms with Crippen LogP contribution >= 0.6 is 15.9 Å². The third-order valence-electron chi connectivity index (χ3n) is 3.02. The number of nitrogens with one attached hydrogen (secondary N) is 1. The van der Waals surface area contributed by atoms with Gasteiger partial charge < -0.3 is 16.0 Å². The minimum atomic E-state index is -0.261. The van der Waals surface area contributed by atoms with Gasteiger partial charge in [0.25, 0.3) is 0 Å². The summed E-state index contributed by atoms with van der Waals surface area (Å²) < 4.78 is 1.05. The molecule has 4 nitrogen and oxygen atoms in total. The number of piperazine rings is 1. The summed E-state index contributed by atoms with van der Waals surface area (Å²) in [5, 5.41) is 2.84. The Balaban J connectivity index is 2.33. The molecule has 1 fully saturated rings. The first-order valence-electron chi connectivity index (χ1n) is 5.64. The van der Waals surface area contributed by atoms with Gasteiger partial charge in [0.2, 0.25) is 5.91 Å². The van der Waals surface area contributed by atoms with Gasteiger partial charge in [-0.05, 0) is 30.7 Å². The van der Waals surface area contributed by atoms with Gasteiger partial charge in [0.05, 0.1) is 0 Å². The van der Waals surface area contributed by atoms with Crippen molar-refractivity contribution in [1.29, 1.82) is 0 Å². The fourth-order valence-corrected chi connectivity index (χ4v) is 2.65. The molecule has 0 radical (unpaired) electrons. The van der Waals surface area contributed by atoms with Crippen LogP contribution in [0.25, 0.3) is 0 Å². The van der Waals surface area contributed by atoms with E-state index in [4.69, 9.17) is 5.73 Å². The zero-order valence-electron chi connectivity index (χ0n) is 9.74. The van der Waals surface area contributed by atoms with Crippen LogP contribution in [0.1, 0.15) is 5.56 Å². The number of carbonyl (C=O) groups is 1. The molecule has 1 aromatic carbocycles. The molecule has 5 heteroatoms. The topological polar surface area (TPSA) is 58.4 Å². The van der Waals surface area contributed by atoms with Crippen LogP contribution in [0.4, 0.5) is 5.69 Å². The highest BCUT2D eigenvalue weighted by molar-refractivity contribution is 9.10. The molecular formula is C12H16BrN3O. The quantitative estimate of drug-likeness (QED) is 0.857. The molecule has 0 saturated carbocycles. The van der Waals surface area contributed by atoms with E-state index in [0.29, 0.717) is 13.1 Å². The fraction of sp³-hybridized carbons (Fsp3) is 0.417. The number of aryl methyl sites for hydroxylation is 1. The van der Waals surface area contributed by atoms with Crippen LogP contribution < -0.4 is 16.0 Å². The number of nitrogens with two attached hydrogens (primary N) is 1. The molecule has 3 N–H and O–H groups in total. The number of carbonyl (C=O) groups excluding carboxylic acids is 1. The van der Waals surface area contributed by atoms with Crippen LogP contribution in [0.3, 0.4) is 0 Å². The van der Waals surface area contributed by atoms with E-state index in [-0.39, 0.29) is 11.9 Å². The van der Waals surface area contributed by atoms with Crippen LogP contribution in [0, 0.1) is 6.92 Å². The van der Waals surface area contributed by atoms with Crippen LogP contribution in [0.15, 0.2) is 22.7 Å². The van der Waals surface area contributed by atoms with Crippen LogP contribution in [-0.2, 0) is 4.79 Å². The van der Waals surface area contributed by atoms with Gasteiger partial charge in [-0.25, -0.2) is 0 Å². The van der Waals surface area contributed by atoms with E-state index in [2.05, 4.69) is 32.2 Å². The highest BCUT2D eigenvalue weighted by Crippen LogP contribution is 2.26. The Kier molecular flexibility index (Phi) is 3.69. The van der Waals surface area contributed by atoms with Gasteiger partial charge in [0, 0.05) is 29.8 Å². The molecular weight excluding hydrogens is 282 g/mol. The van der Waals surface area contributed by atoms with Gasteiger partial charge in [0.15, 0.2) is 0 Å². The van der Waals surface area contributed by atoms with Crippen molar-refractivity contribution in [3.05, 3.63) is 28.2 Å². The summed E-state index contributed by atoms with van der Waals surface area (Å²) in [7, 11) is 0. The summed E-state index contributed by atoms with van der Waals surface area (Å²) in [6.07, 6.45) is 0. The number of benzene rings is 1. The lowest BCUT2D eigenvalue weighted by Crippen LogP contribution is -2.58. The van der Waals surface area contributed by atoms with Crippen molar-refractivity contribution in [1.82, 2.24) is 5.32 Å². The van der Waals surface area contributed by atoms with Gasteiger partial charge in [-0.3, -0.25) is 4.79 Å². The molecule has 1 heterocycles. The number of anilines is 1. The second kappa shape index (κ2) is 5.06. The van der Waals surface area contributed by atoms with E-state index >= 15 is 0 Å². The molecule has 1 aliphatic heterocycles. The molecule has 0 spiro atoms. The predicted molar refractivity (Wildman–Crippen MR) is 72.1 cm³/mol. The van der Waals surface area contributed by atoms with Crippen molar-refractivity contribution >= 4 is 27.5 Å². The lowest BCUT2D eigenvalue weighted by molar-refractivity contribution is -0.123. The molecule has 1 aliphatic rings. The van der Waals surface area contributed by atoms with Crippen LogP contribution in [0.5, 0.6) is 0 Å². The summed E-state index contributed by atoms with van der Waals surface area (Å²) in [5.74, 6) is 0.0149. The smallest absolute Gasteiger partial charge is 0.244 e. The van der Waals surface area contributed by atoms with E-state index in [1.807, 2.05) is 19.1 Å². The second-order valence-corrected chi connectivity index (χ2v) is 5.08. The summed E-state index contributed by atoms with van der Waals surface area (Å²) >= 11 is 3.44. The van der Waals surface area contributed by atoms with Gasteiger partial charge >= 0.3 is 0 Å². The number of hydrogen-bond acceptors (Lipinski definition) is 3. The largest absolute Gasteiger partial charge is 0.357 e. The first-order valence-corrected chi connectivity index (χ1v) is 6.43. The molecule has 92 valence electrons. The van der Waals surface area contributed by atoms with Crippen molar-refractivity contribution in [2.24, 2.45) is 5.73 Å². The maximum atomic E-state index is 11.7. The molecule has 1 aromatic rings. The highest BCUT2D eigenvalue weighted by atomic mass is 79.9. The molecule has 2 rings (SSSR count). The number of halogens is 1. The first-order chi connectivity index (χ1) is 8.13. The third-order valence-corrected chi connectivity index (χ3v) is 3.52. The maximum absolute atomic E-state index is 11.7. The normalized spacial score (nSPS) is 20.3. The van der Waals surface area contributed by atoms with E-state index in [1.165, 1.54) is 0 Å². The summed E-state index contributed by atoms with van der Waals surface area (Å²) in [6.45, 7) is 3.85. The van der Waals surface area contributed by atoms with Gasteiger partial charge in [-0.15, -0.1) is 0 Å². The van der Waals surface area contributed by atoms with Gasteiger partial charge in [-0.2, -0.15) is 0 Å². The van der Waals surface area contributed by atoms with Gasteiger partial charge in [-0.1, -0.05) is 15.9 Å². The highest BCUT2D eigenvalue weighted by Gasteiger charge is 2.29. The minimum absolute atomic E-state index is 0.0149. The lowest BCUT2D eigenvalue weighted by Gasteiger charge is -2.37. The summed E-state index contributed by atoms with van der Waals surface area (Å²) in [5.41, 5.74) is 7.92. The molecule has 0 aliphatic carbocycles. The Labute approximate surface area is 109 Å². The monoisotopic (exact) mass is 297 g/mol. The SMILES string of the molecule is Cc1cc(Br)ccc1N1CCNC(=O)C1CN. The zero-order chi connectivity index (χ0) is 12.4. The summed E-state index contributed by atoms with van der Waals surface area (Å²) in [6, 6.07) is 5.81. The number of nitrogens with zero attached hydrogens (tertiary/aromatic N) is 1. The van der Waals surface area contributed by atoms with Crippen LogP contribution in [-0.4, -0.2) is 31.6 Å². The Morgan fingerprint density at radius 1 is 1.59 bits per heavy atom. The predicted octanol–water partition coefficient (Wildman–Crippen LogP) is 1.02. The number of amides is 1. The lowest BCUT2D eigenvalue weighted by atomic mass is 10.1. The molecule has 0 aromatic heterocycles. The van der Waals surface area contributed by atoms with Crippen molar-refractivity contribution < 1.29 is 4.79 Å². The van der Waals surface area contributed by atoms with Crippen molar-refractivity contribution in [2.45, 2.75) is 13.0 Å². The van der Waals surface area contributed by atoms with Gasteiger partial charge in [0.1, 0.15) is 6.04 Å². The van der Waals surface area contributed by atoms with Crippen molar-refractivity contribution in [3.8, 4) is 0 Å². The molecule has 1 saturated heterocycles. The fourth-order valence-electron chi connectivity index (χ4n) is 2.18. The molecule has 17 heavy (non-hydrogen) atoms. The van der Waals surface area contributed by atoms with E-state index in [1.54, 1.807) is 0 Å². The van der Waals surface area contributed by atoms with E-state index < -0.39 is 0 Å².